The van der Waals surface area contributed by atoms with Crippen LogP contribution in [0.25, 0.3) is 11.3 Å². The van der Waals surface area contributed by atoms with Gasteiger partial charge in [-0.1, -0.05) is 24.3 Å². The number of halogens is 4. The van der Waals surface area contributed by atoms with E-state index in [1.807, 2.05) is 24.3 Å². The molecule has 7 nitrogen and oxygen atoms in total. The molecule has 1 fully saturated rings. The fourth-order valence-corrected chi connectivity index (χ4v) is 4.37. The van der Waals surface area contributed by atoms with Gasteiger partial charge in [0.05, 0.1) is 36.1 Å². The summed E-state index contributed by atoms with van der Waals surface area (Å²) in [6.45, 7) is 5.41. The van der Waals surface area contributed by atoms with Gasteiger partial charge in [-0.3, -0.25) is 14.5 Å². The fourth-order valence-electron chi connectivity index (χ4n) is 4.37. The van der Waals surface area contributed by atoms with Crippen LogP contribution in [0.2, 0.25) is 0 Å². The summed E-state index contributed by atoms with van der Waals surface area (Å²) in [4.78, 5) is 28.0. The number of ether oxygens (including phenoxy) is 1. The van der Waals surface area contributed by atoms with Crippen LogP contribution in [0.4, 0.5) is 17.6 Å². The van der Waals surface area contributed by atoms with E-state index in [4.69, 9.17) is 4.74 Å². The third-order valence-corrected chi connectivity index (χ3v) is 6.48. The highest BCUT2D eigenvalue weighted by Gasteiger charge is 2.32. The number of carbonyl (C=O) groups is 1. The molecule has 0 radical (unpaired) electrons. The second kappa shape index (κ2) is 11.0. The van der Waals surface area contributed by atoms with Gasteiger partial charge < -0.3 is 19.7 Å². The molecule has 202 valence electrons. The van der Waals surface area contributed by atoms with Gasteiger partial charge in [-0.15, -0.1) is 0 Å². The van der Waals surface area contributed by atoms with Gasteiger partial charge in [0.15, 0.2) is 5.75 Å². The van der Waals surface area contributed by atoms with Gasteiger partial charge in [0.25, 0.3) is 11.5 Å². The second-order valence-electron chi connectivity index (χ2n) is 9.21. The minimum atomic E-state index is -4.82. The van der Waals surface area contributed by atoms with Crippen LogP contribution in [-0.4, -0.2) is 46.8 Å². The predicted octanol–water partition coefficient (Wildman–Crippen LogP) is 4.24. The van der Waals surface area contributed by atoms with E-state index >= 15 is 0 Å². The van der Waals surface area contributed by atoms with Crippen LogP contribution < -0.4 is 10.9 Å². The molecule has 0 spiro atoms. The van der Waals surface area contributed by atoms with E-state index in [1.54, 1.807) is 6.92 Å². The largest absolute Gasteiger partial charge is 0.502 e. The third kappa shape index (κ3) is 6.05. The number of nitrogens with one attached hydrogen (secondary N) is 1. The van der Waals surface area contributed by atoms with Crippen LogP contribution >= 0.6 is 0 Å². The minimum absolute atomic E-state index is 0.164. The summed E-state index contributed by atoms with van der Waals surface area (Å²) < 4.78 is 60.0. The molecule has 2 aromatic carbocycles. The van der Waals surface area contributed by atoms with Crippen molar-refractivity contribution in [3.8, 4) is 17.0 Å². The molecule has 1 aromatic heterocycles. The van der Waals surface area contributed by atoms with Gasteiger partial charge in [-0.05, 0) is 42.3 Å². The smallest absolute Gasteiger partial charge is 0.416 e. The number of carbonyl (C=O) groups excluding carboxylic acids is 1. The molecule has 1 aliphatic heterocycles. The summed E-state index contributed by atoms with van der Waals surface area (Å²) in [6, 6.07) is 10.0. The molecule has 1 amide bonds. The lowest BCUT2D eigenvalue weighted by atomic mass is 10.0. The minimum Gasteiger partial charge on any atom is -0.502 e. The average Bonchev–Trinajstić information content (AvgIpc) is 2.87. The molecule has 4 rings (SSSR count). The first kappa shape index (κ1) is 27.3. The Morgan fingerprint density at radius 1 is 1.13 bits per heavy atom. The van der Waals surface area contributed by atoms with Crippen LogP contribution in [0, 0.1) is 5.82 Å². The Balaban J connectivity index is 1.61. The van der Waals surface area contributed by atoms with Crippen molar-refractivity contribution in [1.29, 1.82) is 0 Å². The number of aromatic hydroxyl groups is 1. The number of pyridine rings is 1. The summed E-state index contributed by atoms with van der Waals surface area (Å²) >= 11 is 0. The van der Waals surface area contributed by atoms with Crippen molar-refractivity contribution in [1.82, 2.24) is 14.8 Å². The predicted molar refractivity (Wildman–Crippen MR) is 132 cm³/mol. The fraction of sp³-hybridized carbons (Fsp3) is 0.333. The van der Waals surface area contributed by atoms with E-state index in [-0.39, 0.29) is 11.3 Å². The normalized spacial score (nSPS) is 15.3. The van der Waals surface area contributed by atoms with Crippen molar-refractivity contribution in [2.75, 3.05) is 26.3 Å². The number of aromatic nitrogens is 1. The molecule has 0 bridgehead atoms. The maximum Gasteiger partial charge on any atom is 0.416 e. The van der Waals surface area contributed by atoms with E-state index in [0.717, 1.165) is 40.9 Å². The molecule has 1 unspecified atom stereocenters. The molecule has 2 N–H and O–H groups in total. The van der Waals surface area contributed by atoms with Gasteiger partial charge in [-0.25, -0.2) is 4.39 Å². The van der Waals surface area contributed by atoms with E-state index in [9.17, 15) is 32.3 Å². The summed E-state index contributed by atoms with van der Waals surface area (Å²) in [5.74, 6) is -2.83. The molecule has 0 aliphatic carbocycles. The van der Waals surface area contributed by atoms with Crippen molar-refractivity contribution >= 4 is 5.91 Å². The lowest BCUT2D eigenvalue weighted by molar-refractivity contribution is -0.137. The first-order chi connectivity index (χ1) is 17.9. The van der Waals surface area contributed by atoms with Gasteiger partial charge >= 0.3 is 6.18 Å². The molecule has 3 aromatic rings. The zero-order chi connectivity index (χ0) is 27.6. The molecule has 38 heavy (non-hydrogen) atoms. The van der Waals surface area contributed by atoms with Crippen LogP contribution in [0.15, 0.2) is 53.3 Å². The van der Waals surface area contributed by atoms with Crippen molar-refractivity contribution < 1.29 is 32.2 Å². The highest BCUT2D eigenvalue weighted by Crippen LogP contribution is 2.33. The highest BCUT2D eigenvalue weighted by molar-refractivity contribution is 5.98. The van der Waals surface area contributed by atoms with Gasteiger partial charge in [0.1, 0.15) is 5.82 Å². The Hall–Kier alpha value is -3.70. The first-order valence-electron chi connectivity index (χ1n) is 11.9. The second-order valence-corrected chi connectivity index (χ2v) is 9.21. The summed E-state index contributed by atoms with van der Waals surface area (Å²) in [5.41, 5.74) is -1.30. The Labute approximate surface area is 216 Å². The van der Waals surface area contributed by atoms with Crippen molar-refractivity contribution in [3.63, 3.8) is 0 Å². The number of alkyl halides is 3. The molecule has 11 heteroatoms. The molecule has 2 heterocycles. The summed E-state index contributed by atoms with van der Waals surface area (Å²) in [6.07, 6.45) is -4.82. The molecule has 0 saturated carbocycles. The Bertz CT molecular complexity index is 1400. The summed E-state index contributed by atoms with van der Waals surface area (Å²) in [5, 5.41) is 13.1. The number of morpholine rings is 1. The van der Waals surface area contributed by atoms with E-state index in [2.05, 4.69) is 10.2 Å². The maximum absolute atomic E-state index is 14.0. The number of hydrogen-bond acceptors (Lipinski definition) is 5. The van der Waals surface area contributed by atoms with Gasteiger partial charge in [0, 0.05) is 32.2 Å². The Morgan fingerprint density at radius 2 is 1.84 bits per heavy atom. The van der Waals surface area contributed by atoms with E-state index in [0.29, 0.717) is 31.9 Å². The number of benzene rings is 2. The molecule has 1 aliphatic rings. The third-order valence-electron chi connectivity index (χ3n) is 6.48. The molecular weight excluding hydrogens is 506 g/mol. The molecular formula is C27H27F4N3O4. The maximum atomic E-state index is 14.0. The van der Waals surface area contributed by atoms with Crippen LogP contribution in [0.1, 0.15) is 40.0 Å². The van der Waals surface area contributed by atoms with Crippen molar-refractivity contribution in [2.24, 2.45) is 7.05 Å². The van der Waals surface area contributed by atoms with Crippen molar-refractivity contribution in [2.45, 2.75) is 25.7 Å². The molecule has 1 atom stereocenters. The Kier molecular flexibility index (Phi) is 7.89. The number of amides is 1. The summed E-state index contributed by atoms with van der Waals surface area (Å²) in [7, 11) is 1.21. The van der Waals surface area contributed by atoms with Crippen LogP contribution in [-0.2, 0) is 24.5 Å². The quantitative estimate of drug-likeness (QED) is 0.464. The van der Waals surface area contributed by atoms with Gasteiger partial charge in [-0.2, -0.15) is 13.2 Å². The first-order valence-corrected chi connectivity index (χ1v) is 11.9. The average molecular weight is 534 g/mol. The number of rotatable bonds is 6. The SMILES string of the molecule is CC(NC(=O)c1cc(-c2cc(F)cc(C(F)(F)F)c2)n(C)c(=O)c1O)c1cccc(CN2CCOCC2)c1. The van der Waals surface area contributed by atoms with E-state index < -0.39 is 46.4 Å². The Morgan fingerprint density at radius 3 is 2.53 bits per heavy atom. The highest BCUT2D eigenvalue weighted by atomic mass is 19.4. The lowest BCUT2D eigenvalue weighted by Gasteiger charge is -2.27. The van der Waals surface area contributed by atoms with Gasteiger partial charge in [0.2, 0.25) is 0 Å². The lowest BCUT2D eigenvalue weighted by Crippen LogP contribution is -2.35. The van der Waals surface area contributed by atoms with Crippen LogP contribution in [0.5, 0.6) is 5.75 Å². The zero-order valence-electron chi connectivity index (χ0n) is 20.8. The zero-order valence-corrected chi connectivity index (χ0v) is 20.8. The van der Waals surface area contributed by atoms with Crippen molar-refractivity contribution in [3.05, 3.63) is 87.0 Å². The van der Waals surface area contributed by atoms with E-state index in [1.165, 1.54) is 7.05 Å². The van der Waals surface area contributed by atoms with Crippen LogP contribution in [0.3, 0.4) is 0 Å². The topological polar surface area (TPSA) is 83.8 Å². The molecule has 1 saturated heterocycles. The monoisotopic (exact) mass is 533 g/mol. The standard InChI is InChI=1S/C27H27F4N3O4/c1-16(18-5-3-4-17(10-18)15-34-6-8-38-9-7-34)32-25(36)22-14-23(33(2)26(37)24(22)35)19-11-20(27(29,30)31)13-21(28)12-19/h3-5,10-14,16,35H,6-9,15H2,1-2H3,(H,32,36). The number of nitrogens with zero attached hydrogens (tertiary/aromatic N) is 2. The number of hydrogen-bond donors (Lipinski definition) is 2.